The number of carbonyl (C=O) groups excluding carboxylic acids is 1. The molecule has 2 aromatic rings. The second kappa shape index (κ2) is 6.50. The largest absolute Gasteiger partial charge is 0.336 e. The number of hydrogen-bond acceptors (Lipinski definition) is 3. The minimum atomic E-state index is 0.0405. The van der Waals surface area contributed by atoms with E-state index in [1.807, 2.05) is 29.2 Å². The van der Waals surface area contributed by atoms with Crippen molar-refractivity contribution in [1.82, 2.24) is 20.0 Å². The van der Waals surface area contributed by atoms with Crippen LogP contribution >= 0.6 is 11.6 Å². The van der Waals surface area contributed by atoms with Gasteiger partial charge in [0.25, 0.3) is 5.91 Å². The lowest BCUT2D eigenvalue weighted by molar-refractivity contribution is 0.0709. The summed E-state index contributed by atoms with van der Waals surface area (Å²) in [5.41, 5.74) is 1.61. The van der Waals surface area contributed by atoms with Gasteiger partial charge in [0, 0.05) is 36.9 Å². The number of piperazine rings is 1. The molecule has 0 saturated carbocycles. The van der Waals surface area contributed by atoms with Crippen LogP contribution < -0.4 is 5.32 Å². The summed E-state index contributed by atoms with van der Waals surface area (Å²) in [4.78, 5) is 14.4. The lowest BCUT2D eigenvalue weighted by atomic mass is 10.2. The van der Waals surface area contributed by atoms with E-state index in [2.05, 4.69) is 17.3 Å². The number of amides is 1. The summed E-state index contributed by atoms with van der Waals surface area (Å²) in [6.45, 7) is 4.94. The highest BCUT2D eigenvalue weighted by atomic mass is 35.5. The summed E-state index contributed by atoms with van der Waals surface area (Å²) in [5, 5.41) is 8.33. The van der Waals surface area contributed by atoms with Crippen LogP contribution in [0.15, 0.2) is 36.7 Å². The molecule has 1 atom stereocenters. The predicted octanol–water partition coefficient (Wildman–Crippen LogP) is 2.02. The fourth-order valence-electron chi connectivity index (χ4n) is 2.66. The third-order valence-electron chi connectivity index (χ3n) is 3.83. The van der Waals surface area contributed by atoms with Gasteiger partial charge in [-0.2, -0.15) is 5.10 Å². The molecule has 1 aliphatic heterocycles. The van der Waals surface area contributed by atoms with E-state index in [-0.39, 0.29) is 5.91 Å². The Kier molecular flexibility index (Phi) is 4.45. The van der Waals surface area contributed by atoms with Crippen molar-refractivity contribution in [3.05, 3.63) is 52.8 Å². The van der Waals surface area contributed by atoms with Crippen LogP contribution in [-0.4, -0.2) is 46.3 Å². The molecule has 1 aromatic carbocycles. The van der Waals surface area contributed by atoms with E-state index in [0.29, 0.717) is 23.2 Å². The summed E-state index contributed by atoms with van der Waals surface area (Å²) in [5.74, 6) is 0.0405. The standard InChI is InChI=1S/C16H19ClN4O/c1-12-9-20(7-6-18-12)16(22)14-8-19-21(11-14)10-13-4-2-3-5-15(13)17/h2-5,8,11-12,18H,6-7,9-10H2,1H3. The van der Waals surface area contributed by atoms with Crippen LogP contribution in [0, 0.1) is 0 Å². The van der Waals surface area contributed by atoms with Crippen molar-refractivity contribution in [3.63, 3.8) is 0 Å². The molecule has 1 amide bonds. The second-order valence-electron chi connectivity index (χ2n) is 5.62. The van der Waals surface area contributed by atoms with Crippen LogP contribution in [-0.2, 0) is 6.54 Å². The first kappa shape index (κ1) is 15.1. The Bertz CT molecular complexity index is 670. The van der Waals surface area contributed by atoms with Crippen molar-refractivity contribution >= 4 is 17.5 Å². The Morgan fingerprint density at radius 1 is 1.45 bits per heavy atom. The predicted molar refractivity (Wildman–Crippen MR) is 86.1 cm³/mol. The van der Waals surface area contributed by atoms with Crippen LogP contribution in [0.2, 0.25) is 5.02 Å². The number of nitrogens with zero attached hydrogens (tertiary/aromatic N) is 3. The molecule has 1 aromatic heterocycles. The van der Waals surface area contributed by atoms with E-state index in [0.717, 1.165) is 25.2 Å². The monoisotopic (exact) mass is 318 g/mol. The summed E-state index contributed by atoms with van der Waals surface area (Å²) < 4.78 is 1.75. The molecule has 0 bridgehead atoms. The Hall–Kier alpha value is -1.85. The molecule has 3 rings (SSSR count). The average Bonchev–Trinajstić information content (AvgIpc) is 2.97. The zero-order valence-corrected chi connectivity index (χ0v) is 13.3. The number of benzene rings is 1. The molecule has 1 N–H and O–H groups in total. The van der Waals surface area contributed by atoms with Crippen molar-refractivity contribution in [3.8, 4) is 0 Å². The van der Waals surface area contributed by atoms with Gasteiger partial charge in [-0.1, -0.05) is 29.8 Å². The first-order valence-corrected chi connectivity index (χ1v) is 7.80. The molecule has 0 radical (unpaired) electrons. The van der Waals surface area contributed by atoms with Gasteiger partial charge in [0.15, 0.2) is 0 Å². The zero-order chi connectivity index (χ0) is 15.5. The molecule has 0 aliphatic carbocycles. The minimum Gasteiger partial charge on any atom is -0.336 e. The van der Waals surface area contributed by atoms with E-state index in [1.54, 1.807) is 17.1 Å². The lowest BCUT2D eigenvalue weighted by Crippen LogP contribution is -2.51. The normalized spacial score (nSPS) is 18.5. The highest BCUT2D eigenvalue weighted by molar-refractivity contribution is 6.31. The highest BCUT2D eigenvalue weighted by Gasteiger charge is 2.22. The van der Waals surface area contributed by atoms with Crippen LogP contribution in [0.5, 0.6) is 0 Å². The van der Waals surface area contributed by atoms with Gasteiger partial charge in [-0.15, -0.1) is 0 Å². The van der Waals surface area contributed by atoms with Gasteiger partial charge in [0.05, 0.1) is 18.3 Å². The van der Waals surface area contributed by atoms with Gasteiger partial charge >= 0.3 is 0 Å². The van der Waals surface area contributed by atoms with Crippen molar-refractivity contribution < 1.29 is 4.79 Å². The Morgan fingerprint density at radius 3 is 3.05 bits per heavy atom. The quantitative estimate of drug-likeness (QED) is 0.942. The number of nitrogens with one attached hydrogen (secondary N) is 1. The Morgan fingerprint density at radius 2 is 2.27 bits per heavy atom. The van der Waals surface area contributed by atoms with E-state index in [4.69, 9.17) is 11.6 Å². The first-order valence-electron chi connectivity index (χ1n) is 7.42. The summed E-state index contributed by atoms with van der Waals surface area (Å²) in [7, 11) is 0. The molecule has 1 saturated heterocycles. The van der Waals surface area contributed by atoms with Crippen molar-refractivity contribution in [1.29, 1.82) is 0 Å². The van der Waals surface area contributed by atoms with E-state index in [9.17, 15) is 4.79 Å². The molecule has 0 spiro atoms. The number of halogens is 1. The molecule has 116 valence electrons. The van der Waals surface area contributed by atoms with Crippen molar-refractivity contribution in [2.75, 3.05) is 19.6 Å². The third-order valence-corrected chi connectivity index (χ3v) is 4.20. The van der Waals surface area contributed by atoms with Crippen LogP contribution in [0.1, 0.15) is 22.8 Å². The molecule has 2 heterocycles. The lowest BCUT2D eigenvalue weighted by Gasteiger charge is -2.31. The van der Waals surface area contributed by atoms with Gasteiger partial charge in [-0.25, -0.2) is 0 Å². The fourth-order valence-corrected chi connectivity index (χ4v) is 2.86. The summed E-state index contributed by atoms with van der Waals surface area (Å²) in [6, 6.07) is 7.99. The van der Waals surface area contributed by atoms with Gasteiger partial charge in [0.2, 0.25) is 0 Å². The number of rotatable bonds is 3. The van der Waals surface area contributed by atoms with Crippen LogP contribution in [0.4, 0.5) is 0 Å². The van der Waals surface area contributed by atoms with Gasteiger partial charge in [-0.05, 0) is 18.6 Å². The fraction of sp³-hybridized carbons (Fsp3) is 0.375. The molecule has 1 aliphatic rings. The maximum atomic E-state index is 12.5. The third kappa shape index (κ3) is 3.31. The second-order valence-corrected chi connectivity index (χ2v) is 6.03. The maximum Gasteiger partial charge on any atom is 0.257 e. The molecular weight excluding hydrogens is 300 g/mol. The van der Waals surface area contributed by atoms with Crippen molar-refractivity contribution in [2.45, 2.75) is 19.5 Å². The smallest absolute Gasteiger partial charge is 0.257 e. The number of carbonyl (C=O) groups is 1. The van der Waals surface area contributed by atoms with Crippen molar-refractivity contribution in [2.24, 2.45) is 0 Å². The van der Waals surface area contributed by atoms with Gasteiger partial charge in [0.1, 0.15) is 0 Å². The average molecular weight is 319 g/mol. The SMILES string of the molecule is CC1CN(C(=O)c2cnn(Cc3ccccc3Cl)c2)CCN1. The zero-order valence-electron chi connectivity index (χ0n) is 12.5. The van der Waals surface area contributed by atoms with Crippen LogP contribution in [0.3, 0.4) is 0 Å². The summed E-state index contributed by atoms with van der Waals surface area (Å²) >= 11 is 6.16. The van der Waals surface area contributed by atoms with Gasteiger partial charge < -0.3 is 10.2 Å². The van der Waals surface area contributed by atoms with E-state index >= 15 is 0 Å². The Balaban J connectivity index is 1.71. The molecule has 1 fully saturated rings. The molecule has 6 heteroatoms. The summed E-state index contributed by atoms with van der Waals surface area (Å²) in [6.07, 6.45) is 3.42. The van der Waals surface area contributed by atoms with Crippen LogP contribution in [0.25, 0.3) is 0 Å². The van der Waals surface area contributed by atoms with E-state index < -0.39 is 0 Å². The van der Waals surface area contributed by atoms with E-state index in [1.165, 1.54) is 0 Å². The van der Waals surface area contributed by atoms with Gasteiger partial charge in [-0.3, -0.25) is 9.48 Å². The molecule has 22 heavy (non-hydrogen) atoms. The minimum absolute atomic E-state index is 0.0405. The molecular formula is C16H19ClN4O. The number of hydrogen-bond donors (Lipinski definition) is 1. The highest BCUT2D eigenvalue weighted by Crippen LogP contribution is 2.16. The first-order chi connectivity index (χ1) is 10.6. The molecule has 5 nitrogen and oxygen atoms in total. The number of aromatic nitrogens is 2. The molecule has 1 unspecified atom stereocenters. The maximum absolute atomic E-state index is 12.5. The topological polar surface area (TPSA) is 50.2 Å². The Labute approximate surface area is 134 Å².